The first-order valence-corrected chi connectivity index (χ1v) is 6.58. The largest absolute Gasteiger partial charge is 0.332 e. The molecule has 0 aromatic carbocycles. The van der Waals surface area contributed by atoms with Gasteiger partial charge in [0.25, 0.3) is 0 Å². The summed E-state index contributed by atoms with van der Waals surface area (Å²) in [5.41, 5.74) is 8.06. The molecule has 2 unspecified atom stereocenters. The van der Waals surface area contributed by atoms with E-state index in [4.69, 9.17) is 15.3 Å². The number of rotatable bonds is 7. The van der Waals surface area contributed by atoms with E-state index in [0.717, 1.165) is 32.1 Å². The summed E-state index contributed by atoms with van der Waals surface area (Å²) in [7, 11) is 0. The highest BCUT2D eigenvalue weighted by Crippen LogP contribution is 2.15. The number of carbonyl (C=O) groups excluding carboxylic acids is 1. The Labute approximate surface area is 103 Å². The van der Waals surface area contributed by atoms with Crippen molar-refractivity contribution < 1.29 is 14.4 Å². The first-order valence-electron chi connectivity index (χ1n) is 6.58. The van der Waals surface area contributed by atoms with Crippen molar-refractivity contribution in [1.29, 1.82) is 0 Å². The topological polar surface area (TPSA) is 73.6 Å². The summed E-state index contributed by atoms with van der Waals surface area (Å²) in [6.45, 7) is 2.15. The lowest BCUT2D eigenvalue weighted by atomic mass is 10.1. The monoisotopic (exact) mass is 244 g/mol. The van der Waals surface area contributed by atoms with E-state index in [-0.39, 0.29) is 12.1 Å². The van der Waals surface area contributed by atoms with E-state index in [0.29, 0.717) is 6.42 Å². The minimum atomic E-state index is -0.390. The number of amides is 1. The van der Waals surface area contributed by atoms with Gasteiger partial charge >= 0.3 is 0 Å². The molecule has 0 aromatic rings. The minimum Gasteiger partial charge on any atom is -0.332 e. The molecule has 0 aliphatic carbocycles. The highest BCUT2D eigenvalue weighted by atomic mass is 16.8. The zero-order valence-electron chi connectivity index (χ0n) is 10.6. The van der Waals surface area contributed by atoms with Gasteiger partial charge < -0.3 is 10.5 Å². The first kappa shape index (κ1) is 14.4. The van der Waals surface area contributed by atoms with Gasteiger partial charge in [-0.05, 0) is 19.3 Å². The molecule has 1 saturated heterocycles. The van der Waals surface area contributed by atoms with Gasteiger partial charge in [0.15, 0.2) is 6.29 Å². The zero-order chi connectivity index (χ0) is 12.5. The second-order valence-electron chi connectivity index (χ2n) is 4.49. The van der Waals surface area contributed by atoms with Gasteiger partial charge in [-0.15, -0.1) is 0 Å². The second-order valence-corrected chi connectivity index (χ2v) is 4.49. The Kier molecular flexibility index (Phi) is 7.16. The molecule has 1 rings (SSSR count). The summed E-state index contributed by atoms with van der Waals surface area (Å²) >= 11 is 0. The normalized spacial score (nSPS) is 24.6. The smallest absolute Gasteiger partial charge is 0.243 e. The first-order chi connectivity index (χ1) is 8.22. The Bertz CT molecular complexity index is 224. The fraction of sp³-hybridized carbons (Fsp3) is 0.917. The van der Waals surface area contributed by atoms with E-state index in [9.17, 15) is 4.79 Å². The number of ether oxygens (including phenoxy) is 1. The summed E-state index contributed by atoms with van der Waals surface area (Å²) < 4.78 is 5.32. The highest BCUT2D eigenvalue weighted by Gasteiger charge is 2.20. The molecule has 1 amide bonds. The fourth-order valence-corrected chi connectivity index (χ4v) is 1.80. The maximum atomic E-state index is 11.4. The van der Waals surface area contributed by atoms with E-state index >= 15 is 0 Å². The maximum Gasteiger partial charge on any atom is 0.243 e. The van der Waals surface area contributed by atoms with Gasteiger partial charge in [0, 0.05) is 12.8 Å². The molecule has 0 aromatic heterocycles. The molecule has 3 N–H and O–H groups in total. The number of unbranched alkanes of at least 4 members (excludes halogenated alkanes) is 3. The van der Waals surface area contributed by atoms with Gasteiger partial charge in [-0.25, -0.2) is 10.3 Å². The third-order valence-electron chi connectivity index (χ3n) is 2.82. The third-order valence-corrected chi connectivity index (χ3v) is 2.82. The zero-order valence-corrected chi connectivity index (χ0v) is 10.6. The predicted octanol–water partition coefficient (Wildman–Crippen LogP) is 1.82. The molecule has 5 nitrogen and oxygen atoms in total. The summed E-state index contributed by atoms with van der Waals surface area (Å²) in [6.07, 6.45) is 6.81. The molecule has 1 fully saturated rings. The molecule has 1 aliphatic heterocycles. The molecule has 0 bridgehead atoms. The lowest BCUT2D eigenvalue weighted by molar-refractivity contribution is -0.221. The molecule has 17 heavy (non-hydrogen) atoms. The lowest BCUT2D eigenvalue weighted by Crippen LogP contribution is -2.39. The molecule has 0 spiro atoms. The van der Waals surface area contributed by atoms with Crippen LogP contribution in [-0.4, -0.2) is 18.4 Å². The van der Waals surface area contributed by atoms with Crippen LogP contribution in [0.3, 0.4) is 0 Å². The van der Waals surface area contributed by atoms with Crippen LogP contribution < -0.4 is 11.2 Å². The third kappa shape index (κ3) is 6.61. The standard InChI is InChI=1S/C12H24N2O3/c1-2-3-4-5-8-11(15)14-17-12-9-6-7-10(13)16-12/h10,12H,2-9,13H2,1H3,(H,14,15). The van der Waals surface area contributed by atoms with Gasteiger partial charge in [0.05, 0.1) is 0 Å². The summed E-state index contributed by atoms with van der Waals surface area (Å²) in [5, 5.41) is 0. The van der Waals surface area contributed by atoms with Crippen LogP contribution in [0.25, 0.3) is 0 Å². The van der Waals surface area contributed by atoms with Crippen molar-refractivity contribution in [3.63, 3.8) is 0 Å². The van der Waals surface area contributed by atoms with Crippen LogP contribution >= 0.6 is 0 Å². The molecule has 1 heterocycles. The minimum absolute atomic E-state index is 0.0798. The van der Waals surface area contributed by atoms with Crippen molar-refractivity contribution in [3.8, 4) is 0 Å². The van der Waals surface area contributed by atoms with E-state index in [2.05, 4.69) is 12.4 Å². The molecule has 5 heteroatoms. The van der Waals surface area contributed by atoms with Crippen molar-refractivity contribution >= 4 is 5.91 Å². The molecular weight excluding hydrogens is 220 g/mol. The fourth-order valence-electron chi connectivity index (χ4n) is 1.80. The van der Waals surface area contributed by atoms with Crippen molar-refractivity contribution in [2.75, 3.05) is 0 Å². The number of hydrogen-bond donors (Lipinski definition) is 2. The van der Waals surface area contributed by atoms with Crippen LogP contribution in [0.1, 0.15) is 58.3 Å². The van der Waals surface area contributed by atoms with Gasteiger partial charge in [-0.3, -0.25) is 4.79 Å². The predicted molar refractivity (Wildman–Crippen MR) is 64.7 cm³/mol. The number of hydroxylamine groups is 1. The Morgan fingerprint density at radius 3 is 2.94 bits per heavy atom. The number of hydrogen-bond acceptors (Lipinski definition) is 4. The average Bonchev–Trinajstić information content (AvgIpc) is 2.32. The Balaban J connectivity index is 2.02. The van der Waals surface area contributed by atoms with Crippen molar-refractivity contribution in [2.24, 2.45) is 5.73 Å². The molecule has 100 valence electrons. The maximum absolute atomic E-state index is 11.4. The van der Waals surface area contributed by atoms with Gasteiger partial charge in [-0.2, -0.15) is 0 Å². The van der Waals surface area contributed by atoms with Crippen molar-refractivity contribution in [2.45, 2.75) is 70.8 Å². The SMILES string of the molecule is CCCCCCC(=O)NOC1CCCC(N)O1. The van der Waals surface area contributed by atoms with Crippen LogP contribution in [0.5, 0.6) is 0 Å². The summed E-state index contributed by atoms with van der Waals surface area (Å²) in [6, 6.07) is 0. The molecule has 1 aliphatic rings. The van der Waals surface area contributed by atoms with Crippen LogP contribution in [0, 0.1) is 0 Å². The number of carbonyl (C=O) groups is 1. The number of nitrogens with one attached hydrogen (secondary N) is 1. The van der Waals surface area contributed by atoms with Gasteiger partial charge in [0.1, 0.15) is 6.23 Å². The van der Waals surface area contributed by atoms with Crippen LogP contribution in [-0.2, 0) is 14.4 Å². The van der Waals surface area contributed by atoms with Gasteiger partial charge in [-0.1, -0.05) is 26.2 Å². The highest BCUT2D eigenvalue weighted by molar-refractivity contribution is 5.74. The summed E-state index contributed by atoms with van der Waals surface area (Å²) in [4.78, 5) is 16.6. The number of nitrogens with two attached hydrogens (primary N) is 1. The van der Waals surface area contributed by atoms with Gasteiger partial charge in [0.2, 0.25) is 5.91 Å². The van der Waals surface area contributed by atoms with E-state index in [1.807, 2.05) is 0 Å². The summed E-state index contributed by atoms with van der Waals surface area (Å²) in [5.74, 6) is -0.0798. The second kappa shape index (κ2) is 8.44. The molecule has 0 radical (unpaired) electrons. The Morgan fingerprint density at radius 2 is 2.24 bits per heavy atom. The Hall–Kier alpha value is -0.650. The van der Waals surface area contributed by atoms with Crippen LogP contribution in [0.15, 0.2) is 0 Å². The molecule has 2 atom stereocenters. The van der Waals surface area contributed by atoms with Crippen molar-refractivity contribution in [3.05, 3.63) is 0 Å². The Morgan fingerprint density at radius 1 is 1.41 bits per heavy atom. The van der Waals surface area contributed by atoms with Crippen molar-refractivity contribution in [1.82, 2.24) is 5.48 Å². The van der Waals surface area contributed by atoms with Crippen LogP contribution in [0.4, 0.5) is 0 Å². The quantitative estimate of drug-likeness (QED) is 0.529. The molecule has 0 saturated carbocycles. The molecular formula is C12H24N2O3. The average molecular weight is 244 g/mol. The van der Waals surface area contributed by atoms with E-state index in [1.165, 1.54) is 12.8 Å². The van der Waals surface area contributed by atoms with Crippen LogP contribution in [0.2, 0.25) is 0 Å². The van der Waals surface area contributed by atoms with E-state index in [1.54, 1.807) is 0 Å². The lowest BCUT2D eigenvalue weighted by Gasteiger charge is -2.26. The van der Waals surface area contributed by atoms with E-state index < -0.39 is 6.29 Å².